The molecule has 0 saturated carbocycles. The Balaban J connectivity index is 1.57. The number of rotatable bonds is 3. The standard InChI is InChI=1S/C18H23F3N4O2/c1-23-6-5-22-17(27)15(23)12-16(26)25-9-7-24(8-10-25)14-4-2-3-13(11-14)18(19,20)21/h2-4,11,15H,5-10,12H2,1H3,(H,22,27). The van der Waals surface area contributed by atoms with E-state index in [1.165, 1.54) is 6.07 Å². The number of likely N-dealkylation sites (N-methyl/N-ethyl adjacent to an activating group) is 1. The minimum atomic E-state index is -4.37. The molecule has 1 aromatic rings. The first-order valence-electron chi connectivity index (χ1n) is 8.93. The van der Waals surface area contributed by atoms with Crippen LogP contribution in [0, 0.1) is 0 Å². The van der Waals surface area contributed by atoms with Crippen molar-refractivity contribution in [3.63, 3.8) is 0 Å². The van der Waals surface area contributed by atoms with Crippen LogP contribution in [-0.2, 0) is 15.8 Å². The number of nitrogens with zero attached hydrogens (tertiary/aromatic N) is 3. The first-order valence-corrected chi connectivity index (χ1v) is 8.93. The first kappa shape index (κ1) is 19.5. The molecule has 148 valence electrons. The van der Waals surface area contributed by atoms with Crippen LogP contribution < -0.4 is 10.2 Å². The number of nitrogens with one attached hydrogen (secondary N) is 1. The number of halogens is 3. The van der Waals surface area contributed by atoms with Gasteiger partial charge in [-0.05, 0) is 25.2 Å². The molecular formula is C18H23F3N4O2. The third-order valence-corrected chi connectivity index (χ3v) is 5.14. The number of anilines is 1. The summed E-state index contributed by atoms with van der Waals surface area (Å²) in [6.45, 7) is 3.04. The molecule has 0 bridgehead atoms. The summed E-state index contributed by atoms with van der Waals surface area (Å²) in [6, 6.07) is 4.77. The van der Waals surface area contributed by atoms with Crippen LogP contribution in [0.2, 0.25) is 0 Å². The van der Waals surface area contributed by atoms with Crippen LogP contribution in [0.4, 0.5) is 18.9 Å². The van der Waals surface area contributed by atoms with Gasteiger partial charge < -0.3 is 15.1 Å². The molecule has 2 aliphatic rings. The van der Waals surface area contributed by atoms with Gasteiger partial charge >= 0.3 is 6.18 Å². The van der Waals surface area contributed by atoms with Crippen molar-refractivity contribution in [2.24, 2.45) is 0 Å². The van der Waals surface area contributed by atoms with Crippen LogP contribution in [0.5, 0.6) is 0 Å². The molecule has 1 aromatic carbocycles. The highest BCUT2D eigenvalue weighted by Gasteiger charge is 2.33. The van der Waals surface area contributed by atoms with E-state index in [9.17, 15) is 22.8 Å². The molecule has 2 fully saturated rings. The summed E-state index contributed by atoms with van der Waals surface area (Å²) in [5.41, 5.74) is -0.173. The summed E-state index contributed by atoms with van der Waals surface area (Å²) >= 11 is 0. The van der Waals surface area contributed by atoms with Crippen LogP contribution >= 0.6 is 0 Å². The average molecular weight is 384 g/mol. The lowest BCUT2D eigenvalue weighted by Gasteiger charge is -2.38. The van der Waals surface area contributed by atoms with Crippen molar-refractivity contribution in [3.8, 4) is 0 Å². The molecule has 27 heavy (non-hydrogen) atoms. The Hall–Kier alpha value is -2.29. The molecule has 0 spiro atoms. The Morgan fingerprint density at radius 1 is 1.19 bits per heavy atom. The Labute approximate surface area is 155 Å². The van der Waals surface area contributed by atoms with E-state index in [1.807, 2.05) is 16.8 Å². The van der Waals surface area contributed by atoms with Gasteiger partial charge in [-0.15, -0.1) is 0 Å². The molecule has 1 atom stereocenters. The summed E-state index contributed by atoms with van der Waals surface area (Å²) in [7, 11) is 1.82. The number of hydrogen-bond donors (Lipinski definition) is 1. The van der Waals surface area contributed by atoms with Crippen molar-refractivity contribution in [1.29, 1.82) is 0 Å². The van der Waals surface area contributed by atoms with Gasteiger partial charge in [-0.1, -0.05) is 6.07 Å². The Morgan fingerprint density at radius 2 is 1.89 bits per heavy atom. The third kappa shape index (κ3) is 4.52. The molecule has 0 radical (unpaired) electrons. The summed E-state index contributed by atoms with van der Waals surface area (Å²) in [4.78, 5) is 29.9. The first-order chi connectivity index (χ1) is 12.8. The predicted molar refractivity (Wildman–Crippen MR) is 94.3 cm³/mol. The van der Waals surface area contributed by atoms with Gasteiger partial charge in [0.15, 0.2) is 0 Å². The lowest BCUT2D eigenvalue weighted by atomic mass is 10.1. The van der Waals surface area contributed by atoms with Crippen LogP contribution in [-0.4, -0.2) is 74.0 Å². The average Bonchev–Trinajstić information content (AvgIpc) is 2.64. The molecule has 1 N–H and O–H groups in total. The molecule has 2 aliphatic heterocycles. The number of hydrogen-bond acceptors (Lipinski definition) is 4. The molecule has 0 aliphatic carbocycles. The number of alkyl halides is 3. The maximum absolute atomic E-state index is 12.9. The summed E-state index contributed by atoms with van der Waals surface area (Å²) in [6.07, 6.45) is -4.26. The van der Waals surface area contributed by atoms with Gasteiger partial charge in [0.2, 0.25) is 11.8 Å². The highest BCUT2D eigenvalue weighted by molar-refractivity contribution is 5.88. The molecule has 0 aromatic heterocycles. The predicted octanol–water partition coefficient (Wildman–Crippen LogP) is 1.17. The molecule has 6 nitrogen and oxygen atoms in total. The molecule has 1 unspecified atom stereocenters. The van der Waals surface area contributed by atoms with Crippen LogP contribution in [0.3, 0.4) is 0 Å². The SMILES string of the molecule is CN1CCNC(=O)C1CC(=O)N1CCN(c2cccc(C(F)(F)F)c2)CC1. The van der Waals surface area contributed by atoms with Gasteiger partial charge in [0.05, 0.1) is 18.0 Å². The van der Waals surface area contributed by atoms with Gasteiger partial charge in [0.25, 0.3) is 0 Å². The monoisotopic (exact) mass is 384 g/mol. The van der Waals surface area contributed by atoms with E-state index in [0.29, 0.717) is 45.0 Å². The van der Waals surface area contributed by atoms with Crippen molar-refractivity contribution in [2.75, 3.05) is 51.2 Å². The van der Waals surface area contributed by atoms with E-state index >= 15 is 0 Å². The third-order valence-electron chi connectivity index (χ3n) is 5.14. The topological polar surface area (TPSA) is 55.9 Å². The van der Waals surface area contributed by atoms with Crippen LogP contribution in [0.15, 0.2) is 24.3 Å². The summed E-state index contributed by atoms with van der Waals surface area (Å²) in [5, 5.41) is 2.77. The minimum Gasteiger partial charge on any atom is -0.368 e. The summed E-state index contributed by atoms with van der Waals surface area (Å²) < 4.78 is 38.6. The second kappa shape index (κ2) is 7.75. The fourth-order valence-electron chi connectivity index (χ4n) is 3.47. The van der Waals surface area contributed by atoms with Crippen molar-refractivity contribution in [3.05, 3.63) is 29.8 Å². The van der Waals surface area contributed by atoms with Crippen LogP contribution in [0.1, 0.15) is 12.0 Å². The Morgan fingerprint density at radius 3 is 2.52 bits per heavy atom. The van der Waals surface area contributed by atoms with E-state index in [2.05, 4.69) is 5.32 Å². The lowest BCUT2D eigenvalue weighted by Crippen LogP contribution is -2.56. The van der Waals surface area contributed by atoms with E-state index in [0.717, 1.165) is 12.1 Å². The smallest absolute Gasteiger partial charge is 0.368 e. The van der Waals surface area contributed by atoms with Crippen molar-refractivity contribution >= 4 is 17.5 Å². The van der Waals surface area contributed by atoms with E-state index < -0.39 is 17.8 Å². The second-order valence-corrected chi connectivity index (χ2v) is 6.91. The largest absolute Gasteiger partial charge is 0.416 e. The number of carbonyl (C=O) groups is 2. The Kier molecular flexibility index (Phi) is 5.59. The second-order valence-electron chi connectivity index (χ2n) is 6.91. The van der Waals surface area contributed by atoms with Crippen molar-refractivity contribution in [1.82, 2.24) is 15.1 Å². The van der Waals surface area contributed by atoms with Crippen LogP contribution in [0.25, 0.3) is 0 Å². The lowest BCUT2D eigenvalue weighted by molar-refractivity contribution is -0.138. The van der Waals surface area contributed by atoms with Crippen molar-refractivity contribution < 1.29 is 22.8 Å². The maximum atomic E-state index is 12.9. The van der Waals surface area contributed by atoms with Gasteiger partial charge in [0.1, 0.15) is 0 Å². The molecule has 9 heteroatoms. The van der Waals surface area contributed by atoms with Gasteiger partial charge in [-0.25, -0.2) is 0 Å². The van der Waals surface area contributed by atoms with E-state index in [1.54, 1.807) is 11.0 Å². The highest BCUT2D eigenvalue weighted by atomic mass is 19.4. The number of piperazine rings is 2. The number of amides is 2. The Bertz CT molecular complexity index is 702. The number of carbonyl (C=O) groups excluding carboxylic acids is 2. The minimum absolute atomic E-state index is 0.104. The molecular weight excluding hydrogens is 361 g/mol. The zero-order valence-electron chi connectivity index (χ0n) is 15.1. The zero-order valence-corrected chi connectivity index (χ0v) is 15.1. The van der Waals surface area contributed by atoms with E-state index in [-0.39, 0.29) is 18.2 Å². The van der Waals surface area contributed by atoms with Gasteiger partial charge in [0, 0.05) is 45.0 Å². The molecule has 2 heterocycles. The molecule has 3 rings (SSSR count). The highest BCUT2D eigenvalue weighted by Crippen LogP contribution is 2.31. The fourth-order valence-corrected chi connectivity index (χ4v) is 3.47. The molecule has 2 saturated heterocycles. The number of benzene rings is 1. The van der Waals surface area contributed by atoms with Gasteiger partial charge in [-0.3, -0.25) is 14.5 Å². The van der Waals surface area contributed by atoms with E-state index in [4.69, 9.17) is 0 Å². The quantitative estimate of drug-likeness (QED) is 0.850. The normalized spacial score (nSPS) is 21.9. The van der Waals surface area contributed by atoms with Crippen molar-refractivity contribution in [2.45, 2.75) is 18.6 Å². The van der Waals surface area contributed by atoms with Gasteiger partial charge in [-0.2, -0.15) is 13.2 Å². The fraction of sp³-hybridized carbons (Fsp3) is 0.556. The summed E-state index contributed by atoms with van der Waals surface area (Å²) in [5.74, 6) is -0.243. The maximum Gasteiger partial charge on any atom is 0.416 e. The zero-order chi connectivity index (χ0) is 19.6. The molecule has 2 amide bonds.